The van der Waals surface area contributed by atoms with E-state index in [4.69, 9.17) is 0 Å². The number of anilines is 1. The smallest absolute Gasteiger partial charge is 0.243 e. The van der Waals surface area contributed by atoms with Gasteiger partial charge in [0.05, 0.1) is 0 Å². The van der Waals surface area contributed by atoms with E-state index in [9.17, 15) is 0 Å². The second-order valence-electron chi connectivity index (χ2n) is 3.79. The molecular weight excluding hydrogens is 216 g/mol. The molecule has 0 amide bonds. The standard InChI is InChI=1S/C11H16N6/c1-2-3-8-17-11(14-15-16-17)13-9-10-4-6-12-7-5-10/h4-7H,2-3,8-9H2,1H3,(H,13,14,16). The van der Waals surface area contributed by atoms with E-state index < -0.39 is 0 Å². The molecule has 0 fully saturated rings. The predicted octanol–water partition coefficient (Wildman–Crippen LogP) is 1.48. The SMILES string of the molecule is CCCCn1nnnc1NCc1ccncc1. The van der Waals surface area contributed by atoms with Crippen LogP contribution in [0.1, 0.15) is 25.3 Å². The van der Waals surface area contributed by atoms with Crippen molar-refractivity contribution < 1.29 is 0 Å². The molecule has 0 saturated heterocycles. The Labute approximate surface area is 100 Å². The summed E-state index contributed by atoms with van der Waals surface area (Å²) in [7, 11) is 0. The Kier molecular flexibility index (Phi) is 4.01. The van der Waals surface area contributed by atoms with Crippen LogP contribution in [-0.2, 0) is 13.1 Å². The monoisotopic (exact) mass is 232 g/mol. The Morgan fingerprint density at radius 1 is 1.29 bits per heavy atom. The predicted molar refractivity (Wildman–Crippen MR) is 64.3 cm³/mol. The van der Waals surface area contributed by atoms with Crippen molar-refractivity contribution in [2.75, 3.05) is 5.32 Å². The first kappa shape index (κ1) is 11.5. The number of nitrogens with zero attached hydrogens (tertiary/aromatic N) is 5. The molecule has 0 aliphatic heterocycles. The molecule has 0 radical (unpaired) electrons. The summed E-state index contributed by atoms with van der Waals surface area (Å²) in [4.78, 5) is 3.98. The van der Waals surface area contributed by atoms with Crippen LogP contribution in [0.15, 0.2) is 24.5 Å². The van der Waals surface area contributed by atoms with Crippen molar-refractivity contribution >= 4 is 5.95 Å². The fourth-order valence-electron chi connectivity index (χ4n) is 1.47. The fraction of sp³-hybridized carbons (Fsp3) is 0.455. The van der Waals surface area contributed by atoms with Gasteiger partial charge in [-0.1, -0.05) is 18.4 Å². The van der Waals surface area contributed by atoms with Gasteiger partial charge in [0.15, 0.2) is 0 Å². The van der Waals surface area contributed by atoms with Crippen molar-refractivity contribution in [1.29, 1.82) is 0 Å². The second-order valence-corrected chi connectivity index (χ2v) is 3.79. The van der Waals surface area contributed by atoms with Crippen LogP contribution >= 0.6 is 0 Å². The molecule has 0 saturated carbocycles. The van der Waals surface area contributed by atoms with Crippen LogP contribution in [0.4, 0.5) is 5.95 Å². The second kappa shape index (κ2) is 5.93. The zero-order chi connectivity index (χ0) is 11.9. The highest BCUT2D eigenvalue weighted by atomic mass is 15.6. The van der Waals surface area contributed by atoms with Crippen LogP contribution in [-0.4, -0.2) is 25.2 Å². The van der Waals surface area contributed by atoms with E-state index in [1.54, 1.807) is 17.1 Å². The quantitative estimate of drug-likeness (QED) is 0.817. The largest absolute Gasteiger partial charge is 0.349 e. The lowest BCUT2D eigenvalue weighted by atomic mass is 10.3. The molecule has 6 heteroatoms. The summed E-state index contributed by atoms with van der Waals surface area (Å²) >= 11 is 0. The summed E-state index contributed by atoms with van der Waals surface area (Å²) in [5.74, 6) is 0.718. The minimum atomic E-state index is 0.703. The van der Waals surface area contributed by atoms with Gasteiger partial charge >= 0.3 is 0 Å². The van der Waals surface area contributed by atoms with E-state index in [1.807, 2.05) is 12.1 Å². The van der Waals surface area contributed by atoms with E-state index in [-0.39, 0.29) is 0 Å². The summed E-state index contributed by atoms with van der Waals surface area (Å²) in [6.07, 6.45) is 5.76. The number of aromatic nitrogens is 5. The van der Waals surface area contributed by atoms with Gasteiger partial charge in [-0.25, -0.2) is 4.68 Å². The van der Waals surface area contributed by atoms with E-state index in [1.165, 1.54) is 0 Å². The zero-order valence-electron chi connectivity index (χ0n) is 9.87. The number of tetrazole rings is 1. The Hall–Kier alpha value is -1.98. The Morgan fingerprint density at radius 3 is 2.88 bits per heavy atom. The summed E-state index contributed by atoms with van der Waals surface area (Å²) in [5, 5.41) is 14.8. The number of pyridine rings is 1. The third-order valence-corrected chi connectivity index (χ3v) is 2.46. The molecule has 2 rings (SSSR count). The summed E-state index contributed by atoms with van der Waals surface area (Å²) in [6, 6.07) is 3.93. The average molecular weight is 232 g/mol. The van der Waals surface area contributed by atoms with Crippen molar-refractivity contribution in [2.24, 2.45) is 0 Å². The molecule has 2 heterocycles. The lowest BCUT2D eigenvalue weighted by Gasteiger charge is -2.06. The van der Waals surface area contributed by atoms with Crippen molar-refractivity contribution in [3.8, 4) is 0 Å². The van der Waals surface area contributed by atoms with Crippen LogP contribution in [0.2, 0.25) is 0 Å². The third-order valence-electron chi connectivity index (χ3n) is 2.46. The highest BCUT2D eigenvalue weighted by molar-refractivity contribution is 5.24. The Balaban J connectivity index is 1.92. The molecule has 6 nitrogen and oxygen atoms in total. The van der Waals surface area contributed by atoms with Crippen LogP contribution in [0.3, 0.4) is 0 Å². The lowest BCUT2D eigenvalue weighted by molar-refractivity contribution is 0.556. The van der Waals surface area contributed by atoms with Crippen molar-refractivity contribution in [3.05, 3.63) is 30.1 Å². The maximum Gasteiger partial charge on any atom is 0.243 e. The van der Waals surface area contributed by atoms with Gasteiger partial charge in [-0.15, -0.1) is 0 Å². The number of hydrogen-bond acceptors (Lipinski definition) is 5. The molecule has 0 unspecified atom stereocenters. The molecule has 1 N–H and O–H groups in total. The summed E-state index contributed by atoms with van der Waals surface area (Å²) < 4.78 is 1.80. The van der Waals surface area contributed by atoms with Crippen LogP contribution in [0, 0.1) is 0 Å². The van der Waals surface area contributed by atoms with Gasteiger partial charge in [-0.3, -0.25) is 4.98 Å². The Bertz CT molecular complexity index is 438. The average Bonchev–Trinajstić information content (AvgIpc) is 2.82. The third kappa shape index (κ3) is 3.24. The van der Waals surface area contributed by atoms with Gasteiger partial charge in [0.1, 0.15) is 0 Å². The molecule has 0 spiro atoms. The van der Waals surface area contributed by atoms with E-state index >= 15 is 0 Å². The zero-order valence-corrected chi connectivity index (χ0v) is 9.87. The number of hydrogen-bond donors (Lipinski definition) is 1. The maximum atomic E-state index is 3.98. The van der Waals surface area contributed by atoms with E-state index in [0.717, 1.165) is 30.9 Å². The highest BCUT2D eigenvalue weighted by Crippen LogP contribution is 2.05. The molecule has 0 bridgehead atoms. The topological polar surface area (TPSA) is 68.5 Å². The van der Waals surface area contributed by atoms with Crippen LogP contribution in [0.5, 0.6) is 0 Å². The molecule has 2 aromatic rings. The highest BCUT2D eigenvalue weighted by Gasteiger charge is 2.04. The van der Waals surface area contributed by atoms with Gasteiger partial charge in [0.2, 0.25) is 5.95 Å². The summed E-state index contributed by atoms with van der Waals surface area (Å²) in [5.41, 5.74) is 1.16. The van der Waals surface area contributed by atoms with E-state index in [2.05, 4.69) is 32.7 Å². The van der Waals surface area contributed by atoms with Gasteiger partial charge in [0.25, 0.3) is 0 Å². The van der Waals surface area contributed by atoms with Crippen LogP contribution in [0.25, 0.3) is 0 Å². The van der Waals surface area contributed by atoms with Gasteiger partial charge in [-0.2, -0.15) is 0 Å². The number of unbranched alkanes of at least 4 members (excludes halogenated alkanes) is 1. The number of nitrogens with one attached hydrogen (secondary N) is 1. The van der Waals surface area contributed by atoms with Crippen molar-refractivity contribution in [1.82, 2.24) is 25.2 Å². The Morgan fingerprint density at radius 2 is 2.12 bits per heavy atom. The normalized spacial score (nSPS) is 10.4. The molecule has 90 valence electrons. The van der Waals surface area contributed by atoms with Crippen molar-refractivity contribution in [3.63, 3.8) is 0 Å². The van der Waals surface area contributed by atoms with Crippen molar-refractivity contribution in [2.45, 2.75) is 32.9 Å². The first-order valence-electron chi connectivity index (χ1n) is 5.79. The van der Waals surface area contributed by atoms with Gasteiger partial charge in [-0.05, 0) is 34.5 Å². The molecule has 0 aromatic carbocycles. The number of rotatable bonds is 6. The minimum absolute atomic E-state index is 0.703. The molecular formula is C11H16N6. The fourth-order valence-corrected chi connectivity index (χ4v) is 1.47. The van der Waals surface area contributed by atoms with Crippen LogP contribution < -0.4 is 5.32 Å². The van der Waals surface area contributed by atoms with Gasteiger partial charge < -0.3 is 5.32 Å². The number of aryl methyl sites for hydroxylation is 1. The maximum absolute atomic E-state index is 3.98. The molecule has 17 heavy (non-hydrogen) atoms. The lowest BCUT2D eigenvalue weighted by Crippen LogP contribution is -2.09. The van der Waals surface area contributed by atoms with E-state index in [0.29, 0.717) is 6.54 Å². The molecule has 2 aromatic heterocycles. The first-order valence-corrected chi connectivity index (χ1v) is 5.79. The molecule has 0 aliphatic carbocycles. The van der Waals surface area contributed by atoms with Gasteiger partial charge in [0, 0.05) is 25.5 Å². The first-order chi connectivity index (χ1) is 8.40. The minimum Gasteiger partial charge on any atom is -0.349 e. The summed E-state index contributed by atoms with van der Waals surface area (Å²) in [6.45, 7) is 3.70. The molecule has 0 atom stereocenters. The molecule has 0 aliphatic rings.